The van der Waals surface area contributed by atoms with Gasteiger partial charge in [0, 0.05) is 18.0 Å². The molecule has 3 aromatic rings. The molecule has 154 valence electrons. The van der Waals surface area contributed by atoms with E-state index in [2.05, 4.69) is 6.92 Å². The fourth-order valence-corrected chi connectivity index (χ4v) is 3.26. The van der Waals surface area contributed by atoms with Crippen LogP contribution in [0.4, 0.5) is 0 Å². The number of hydrogen-bond acceptors (Lipinski definition) is 4. The summed E-state index contributed by atoms with van der Waals surface area (Å²) in [7, 11) is 1.62. The van der Waals surface area contributed by atoms with Gasteiger partial charge in [-0.2, -0.15) is 0 Å². The van der Waals surface area contributed by atoms with Gasteiger partial charge in [-0.15, -0.1) is 0 Å². The number of benzene rings is 2. The van der Waals surface area contributed by atoms with Crippen molar-refractivity contribution in [2.45, 2.75) is 52.9 Å². The van der Waals surface area contributed by atoms with Gasteiger partial charge in [0.15, 0.2) is 5.75 Å². The van der Waals surface area contributed by atoms with Crippen LogP contribution in [0.15, 0.2) is 53.3 Å². The molecule has 0 spiro atoms. The monoisotopic (exact) mass is 395 g/mol. The Labute approximate surface area is 171 Å². The highest BCUT2D eigenvalue weighted by Crippen LogP contribution is 2.36. The Morgan fingerprint density at radius 1 is 1.03 bits per heavy atom. The highest BCUT2D eigenvalue weighted by molar-refractivity contribution is 5.89. The van der Waals surface area contributed by atoms with Crippen LogP contribution in [0, 0.1) is 0 Å². The average molecular weight is 395 g/mol. The number of unbranched alkanes of at least 4 members (excludes halogenated alkanes) is 1. The Kier molecular flexibility index (Phi) is 6.81. The lowest BCUT2D eigenvalue weighted by Crippen LogP contribution is -2.25. The quantitative estimate of drug-likeness (QED) is 0.501. The number of aromatic nitrogens is 1. The summed E-state index contributed by atoms with van der Waals surface area (Å²) in [5, 5.41) is 0.841. The molecule has 0 aliphatic rings. The topological polar surface area (TPSA) is 49.7 Å². The van der Waals surface area contributed by atoms with Gasteiger partial charge in [0.1, 0.15) is 12.4 Å². The van der Waals surface area contributed by atoms with Crippen molar-refractivity contribution in [3.8, 4) is 17.2 Å². The molecule has 0 atom stereocenters. The standard InChI is InChI=1S/C24H29NO4/c1-5-6-14-25-21-15-19(27-4)12-13-20(21)22(23(24(25)26)29-17(2)3)28-16-18-10-8-7-9-11-18/h7-13,15,17H,5-6,14,16H2,1-4H3. The molecule has 0 radical (unpaired) electrons. The summed E-state index contributed by atoms with van der Waals surface area (Å²) in [5.41, 5.74) is 1.65. The Bertz CT molecular complexity index is 1010. The predicted molar refractivity (Wildman–Crippen MR) is 116 cm³/mol. The van der Waals surface area contributed by atoms with Gasteiger partial charge in [0.25, 0.3) is 5.56 Å². The first-order chi connectivity index (χ1) is 14.0. The maximum atomic E-state index is 13.4. The van der Waals surface area contributed by atoms with Gasteiger partial charge in [-0.3, -0.25) is 4.79 Å². The van der Waals surface area contributed by atoms with Crippen LogP contribution in [-0.4, -0.2) is 17.8 Å². The fraction of sp³-hybridized carbons (Fsp3) is 0.375. The van der Waals surface area contributed by atoms with Crippen molar-refractivity contribution in [1.29, 1.82) is 0 Å². The van der Waals surface area contributed by atoms with Crippen molar-refractivity contribution in [2.24, 2.45) is 0 Å². The number of fused-ring (bicyclic) bond motifs is 1. The molecule has 0 fully saturated rings. The summed E-state index contributed by atoms with van der Waals surface area (Å²) in [4.78, 5) is 13.4. The fourth-order valence-electron chi connectivity index (χ4n) is 3.26. The van der Waals surface area contributed by atoms with Crippen LogP contribution in [-0.2, 0) is 13.2 Å². The first-order valence-corrected chi connectivity index (χ1v) is 10.1. The molecule has 3 rings (SSSR count). The van der Waals surface area contributed by atoms with E-state index in [0.717, 1.165) is 29.3 Å². The summed E-state index contributed by atoms with van der Waals surface area (Å²) in [6, 6.07) is 15.6. The Balaban J connectivity index is 2.18. The molecule has 2 aromatic carbocycles. The van der Waals surface area contributed by atoms with Gasteiger partial charge < -0.3 is 18.8 Å². The third-order valence-electron chi connectivity index (χ3n) is 4.70. The highest BCUT2D eigenvalue weighted by atomic mass is 16.5. The molecule has 1 heterocycles. The molecule has 1 aromatic heterocycles. The second-order valence-corrected chi connectivity index (χ2v) is 7.29. The van der Waals surface area contributed by atoms with Crippen LogP contribution in [0.1, 0.15) is 39.2 Å². The van der Waals surface area contributed by atoms with Crippen molar-refractivity contribution < 1.29 is 14.2 Å². The second-order valence-electron chi connectivity index (χ2n) is 7.29. The molecular weight excluding hydrogens is 366 g/mol. The lowest BCUT2D eigenvalue weighted by molar-refractivity contribution is 0.215. The molecule has 0 bridgehead atoms. The Morgan fingerprint density at radius 2 is 1.79 bits per heavy atom. The van der Waals surface area contributed by atoms with Gasteiger partial charge in [0.2, 0.25) is 5.75 Å². The van der Waals surface area contributed by atoms with Gasteiger partial charge in [-0.25, -0.2) is 0 Å². The average Bonchev–Trinajstić information content (AvgIpc) is 2.73. The third kappa shape index (κ3) is 4.73. The first-order valence-electron chi connectivity index (χ1n) is 10.1. The first kappa shape index (κ1) is 20.8. The predicted octanol–water partition coefficient (Wildman–Crippen LogP) is 5.18. The van der Waals surface area contributed by atoms with Crippen molar-refractivity contribution in [2.75, 3.05) is 7.11 Å². The molecule has 0 saturated heterocycles. The summed E-state index contributed by atoms with van der Waals surface area (Å²) in [6.07, 6.45) is 1.75. The van der Waals surface area contributed by atoms with E-state index in [9.17, 15) is 4.79 Å². The van der Waals surface area contributed by atoms with Gasteiger partial charge in [0.05, 0.1) is 18.7 Å². The van der Waals surface area contributed by atoms with E-state index in [1.54, 1.807) is 11.7 Å². The largest absolute Gasteiger partial charge is 0.497 e. The van der Waals surface area contributed by atoms with E-state index in [4.69, 9.17) is 14.2 Å². The normalized spacial score (nSPS) is 11.1. The lowest BCUT2D eigenvalue weighted by atomic mass is 10.1. The number of nitrogens with zero attached hydrogens (tertiary/aromatic N) is 1. The van der Waals surface area contributed by atoms with Crippen molar-refractivity contribution in [1.82, 2.24) is 4.57 Å². The van der Waals surface area contributed by atoms with Crippen LogP contribution in [0.2, 0.25) is 0 Å². The van der Waals surface area contributed by atoms with Crippen LogP contribution >= 0.6 is 0 Å². The molecule has 0 aliphatic heterocycles. The van der Waals surface area contributed by atoms with E-state index < -0.39 is 0 Å². The van der Waals surface area contributed by atoms with Gasteiger partial charge in [-0.05, 0) is 38.0 Å². The molecule has 0 amide bonds. The zero-order valence-electron chi connectivity index (χ0n) is 17.6. The van der Waals surface area contributed by atoms with E-state index in [1.807, 2.05) is 62.4 Å². The van der Waals surface area contributed by atoms with Crippen molar-refractivity contribution >= 4 is 10.9 Å². The minimum atomic E-state index is -0.170. The summed E-state index contributed by atoms with van der Waals surface area (Å²) in [6.45, 7) is 6.90. The molecule has 0 saturated carbocycles. The second kappa shape index (κ2) is 9.50. The summed E-state index contributed by atoms with van der Waals surface area (Å²) < 4.78 is 19.3. The lowest BCUT2D eigenvalue weighted by Gasteiger charge is -2.20. The van der Waals surface area contributed by atoms with Crippen molar-refractivity contribution in [3.05, 3.63) is 64.4 Å². The zero-order valence-corrected chi connectivity index (χ0v) is 17.6. The summed E-state index contributed by atoms with van der Waals surface area (Å²) >= 11 is 0. The maximum Gasteiger partial charge on any atom is 0.297 e. The number of pyridine rings is 1. The number of hydrogen-bond donors (Lipinski definition) is 0. The Hall–Kier alpha value is -2.95. The van der Waals surface area contributed by atoms with Crippen LogP contribution < -0.4 is 19.8 Å². The number of rotatable bonds is 9. The maximum absolute atomic E-state index is 13.4. The van der Waals surface area contributed by atoms with E-state index >= 15 is 0 Å². The molecule has 5 heteroatoms. The van der Waals surface area contributed by atoms with Crippen molar-refractivity contribution in [3.63, 3.8) is 0 Å². The molecule has 0 N–H and O–H groups in total. The van der Waals surface area contributed by atoms with E-state index in [1.165, 1.54) is 0 Å². The Morgan fingerprint density at radius 3 is 2.45 bits per heavy atom. The molecular formula is C24H29NO4. The number of ether oxygens (including phenoxy) is 3. The molecule has 0 aliphatic carbocycles. The molecule has 0 unspecified atom stereocenters. The highest BCUT2D eigenvalue weighted by Gasteiger charge is 2.21. The van der Waals surface area contributed by atoms with E-state index in [0.29, 0.717) is 24.7 Å². The SMILES string of the molecule is CCCCn1c(=O)c(OC(C)C)c(OCc2ccccc2)c2ccc(OC)cc21. The van der Waals surface area contributed by atoms with Gasteiger partial charge >= 0.3 is 0 Å². The molecule has 5 nitrogen and oxygen atoms in total. The van der Waals surface area contributed by atoms with E-state index in [-0.39, 0.29) is 17.4 Å². The van der Waals surface area contributed by atoms with Gasteiger partial charge in [-0.1, -0.05) is 43.7 Å². The molecule has 29 heavy (non-hydrogen) atoms. The zero-order chi connectivity index (χ0) is 20.8. The number of methoxy groups -OCH3 is 1. The summed E-state index contributed by atoms with van der Waals surface area (Å²) in [5.74, 6) is 1.45. The van der Waals surface area contributed by atoms with Crippen LogP contribution in [0.3, 0.4) is 0 Å². The van der Waals surface area contributed by atoms with Crippen LogP contribution in [0.25, 0.3) is 10.9 Å². The minimum absolute atomic E-state index is 0.142. The third-order valence-corrected chi connectivity index (χ3v) is 4.70. The smallest absolute Gasteiger partial charge is 0.297 e. The minimum Gasteiger partial charge on any atom is -0.497 e. The van der Waals surface area contributed by atoms with Crippen LogP contribution in [0.5, 0.6) is 17.2 Å². The number of aryl methyl sites for hydroxylation is 1.